The van der Waals surface area contributed by atoms with Gasteiger partial charge in [0.15, 0.2) is 11.6 Å². The predicted octanol–water partition coefficient (Wildman–Crippen LogP) is 1.48. The van der Waals surface area contributed by atoms with Crippen molar-refractivity contribution in [2.75, 3.05) is 32.8 Å². The van der Waals surface area contributed by atoms with Crippen LogP contribution in [0.4, 0.5) is 0 Å². The summed E-state index contributed by atoms with van der Waals surface area (Å²) in [5.74, 6) is 0.695. The van der Waals surface area contributed by atoms with Gasteiger partial charge >= 0.3 is 0 Å². The second-order valence-corrected chi connectivity index (χ2v) is 7.27. The van der Waals surface area contributed by atoms with E-state index < -0.39 is 0 Å². The first-order valence-corrected chi connectivity index (χ1v) is 9.71. The van der Waals surface area contributed by atoms with E-state index in [0.29, 0.717) is 30.3 Å². The maximum Gasteiger partial charge on any atom is 0.260 e. The van der Waals surface area contributed by atoms with E-state index in [1.54, 1.807) is 16.7 Å². The third kappa shape index (κ3) is 4.17. The number of hydrogen-bond donors (Lipinski definition) is 0. The number of carbonyl (C=O) groups is 1. The molecule has 1 saturated heterocycles. The van der Waals surface area contributed by atoms with E-state index in [0.717, 1.165) is 18.8 Å². The van der Waals surface area contributed by atoms with E-state index in [1.165, 1.54) is 11.3 Å². The Bertz CT molecular complexity index is 977. The molecule has 1 aromatic carbocycles. The number of hydrogen-bond acceptors (Lipinski definition) is 6. The third-order valence-corrected chi connectivity index (χ3v) is 5.33. The van der Waals surface area contributed by atoms with Crippen LogP contribution in [-0.2, 0) is 11.3 Å². The van der Waals surface area contributed by atoms with Gasteiger partial charge in [-0.3, -0.25) is 18.9 Å². The molecule has 0 atom stereocenters. The zero-order valence-electron chi connectivity index (χ0n) is 14.8. The van der Waals surface area contributed by atoms with Crippen LogP contribution in [0.3, 0.4) is 0 Å². The molecule has 0 radical (unpaired) electrons. The number of aromatic nitrogens is 2. The van der Waals surface area contributed by atoms with Crippen molar-refractivity contribution in [3.05, 3.63) is 64.0 Å². The molecule has 1 aliphatic heterocycles. The largest absolute Gasteiger partial charge is 0.484 e. The SMILES string of the molecule is O=C(COc1ccccc1)N1CCN(Cc2cc(=O)n3ccsc3n2)CC1. The van der Waals surface area contributed by atoms with Gasteiger partial charge in [-0.1, -0.05) is 18.2 Å². The summed E-state index contributed by atoms with van der Waals surface area (Å²) < 4.78 is 7.09. The van der Waals surface area contributed by atoms with Crippen molar-refractivity contribution in [3.63, 3.8) is 0 Å². The van der Waals surface area contributed by atoms with E-state index in [1.807, 2.05) is 40.6 Å². The van der Waals surface area contributed by atoms with Crippen LogP contribution in [0.25, 0.3) is 4.96 Å². The molecule has 4 rings (SSSR count). The first-order valence-electron chi connectivity index (χ1n) is 8.83. The molecule has 0 spiro atoms. The molecule has 0 saturated carbocycles. The molecule has 3 heterocycles. The quantitative estimate of drug-likeness (QED) is 0.667. The maximum atomic E-state index is 12.3. The summed E-state index contributed by atoms with van der Waals surface area (Å²) in [5.41, 5.74) is 0.720. The summed E-state index contributed by atoms with van der Waals surface area (Å²) >= 11 is 1.45. The van der Waals surface area contributed by atoms with Gasteiger partial charge in [0.2, 0.25) is 0 Å². The zero-order valence-corrected chi connectivity index (χ0v) is 15.6. The number of amides is 1. The number of benzene rings is 1. The van der Waals surface area contributed by atoms with Gasteiger partial charge in [-0.05, 0) is 12.1 Å². The molecule has 27 heavy (non-hydrogen) atoms. The smallest absolute Gasteiger partial charge is 0.260 e. The molecule has 7 nitrogen and oxygen atoms in total. The average Bonchev–Trinajstić information content (AvgIpc) is 3.17. The van der Waals surface area contributed by atoms with Crippen LogP contribution in [0.5, 0.6) is 5.75 Å². The predicted molar refractivity (Wildman–Crippen MR) is 103 cm³/mol. The molecule has 140 valence electrons. The van der Waals surface area contributed by atoms with Crippen LogP contribution in [-0.4, -0.2) is 57.9 Å². The summed E-state index contributed by atoms with van der Waals surface area (Å²) in [6.45, 7) is 3.48. The van der Waals surface area contributed by atoms with Crippen molar-refractivity contribution in [3.8, 4) is 5.75 Å². The van der Waals surface area contributed by atoms with Crippen LogP contribution in [0.15, 0.2) is 52.8 Å². The summed E-state index contributed by atoms with van der Waals surface area (Å²) in [6, 6.07) is 10.9. The minimum atomic E-state index is -0.0527. The Morgan fingerprint density at radius 1 is 1.15 bits per heavy atom. The molecule has 0 N–H and O–H groups in total. The minimum Gasteiger partial charge on any atom is -0.484 e. The van der Waals surface area contributed by atoms with Gasteiger partial charge in [-0.25, -0.2) is 4.98 Å². The Labute approximate surface area is 160 Å². The normalized spacial score (nSPS) is 15.2. The maximum absolute atomic E-state index is 12.3. The summed E-state index contributed by atoms with van der Waals surface area (Å²) in [7, 11) is 0. The molecule has 0 bridgehead atoms. The number of para-hydroxylation sites is 1. The lowest BCUT2D eigenvalue weighted by Crippen LogP contribution is -2.49. The topological polar surface area (TPSA) is 67.2 Å². The van der Waals surface area contributed by atoms with Crippen molar-refractivity contribution in [1.29, 1.82) is 0 Å². The van der Waals surface area contributed by atoms with E-state index in [2.05, 4.69) is 9.88 Å². The molecule has 0 unspecified atom stereocenters. The van der Waals surface area contributed by atoms with Gasteiger partial charge in [0.05, 0.1) is 5.69 Å². The number of piperazine rings is 1. The summed E-state index contributed by atoms with van der Waals surface area (Å²) in [4.78, 5) is 33.7. The van der Waals surface area contributed by atoms with Crippen LogP contribution in [0.1, 0.15) is 5.69 Å². The van der Waals surface area contributed by atoms with Crippen LogP contribution in [0, 0.1) is 0 Å². The highest BCUT2D eigenvalue weighted by Gasteiger charge is 2.22. The average molecular weight is 384 g/mol. The molecule has 3 aromatic rings. The fraction of sp³-hybridized carbons (Fsp3) is 0.316. The monoisotopic (exact) mass is 384 g/mol. The highest BCUT2D eigenvalue weighted by molar-refractivity contribution is 7.15. The van der Waals surface area contributed by atoms with Gasteiger partial charge < -0.3 is 9.64 Å². The standard InChI is InChI=1S/C19H20N4O3S/c24-17-12-15(20-19-23(17)10-11-27-19)13-21-6-8-22(9-7-21)18(25)14-26-16-4-2-1-3-5-16/h1-5,10-12H,6-9,13-14H2. The fourth-order valence-corrected chi connectivity index (χ4v) is 3.85. The van der Waals surface area contributed by atoms with E-state index in [4.69, 9.17) is 4.74 Å². The lowest BCUT2D eigenvalue weighted by molar-refractivity contribution is -0.135. The number of rotatable bonds is 5. The molecule has 1 aliphatic rings. The van der Waals surface area contributed by atoms with Gasteiger partial charge in [0.25, 0.3) is 11.5 Å². The number of thiazole rings is 1. The molecular weight excluding hydrogens is 364 g/mol. The van der Waals surface area contributed by atoms with Gasteiger partial charge in [-0.2, -0.15) is 0 Å². The molecule has 8 heteroatoms. The first kappa shape index (κ1) is 17.7. The molecule has 2 aromatic heterocycles. The fourth-order valence-electron chi connectivity index (χ4n) is 3.11. The highest BCUT2D eigenvalue weighted by atomic mass is 32.1. The van der Waals surface area contributed by atoms with Crippen LogP contribution < -0.4 is 10.3 Å². The highest BCUT2D eigenvalue weighted by Crippen LogP contribution is 2.11. The molecule has 1 amide bonds. The second kappa shape index (κ2) is 7.89. The summed E-state index contributed by atoms with van der Waals surface area (Å²) in [6.07, 6.45) is 1.74. The molecular formula is C19H20N4O3S. The first-order chi connectivity index (χ1) is 13.2. The molecule has 1 fully saturated rings. The third-order valence-electron chi connectivity index (χ3n) is 4.57. The Balaban J connectivity index is 1.29. The number of fused-ring (bicyclic) bond motifs is 1. The Morgan fingerprint density at radius 3 is 2.70 bits per heavy atom. The van der Waals surface area contributed by atoms with Gasteiger partial charge in [0, 0.05) is 50.4 Å². The lowest BCUT2D eigenvalue weighted by Gasteiger charge is -2.34. The van der Waals surface area contributed by atoms with Crippen molar-refractivity contribution < 1.29 is 9.53 Å². The zero-order chi connectivity index (χ0) is 18.6. The van der Waals surface area contributed by atoms with E-state index in [-0.39, 0.29) is 18.1 Å². The van der Waals surface area contributed by atoms with Crippen molar-refractivity contribution in [1.82, 2.24) is 19.2 Å². The molecule has 0 aliphatic carbocycles. The second-order valence-electron chi connectivity index (χ2n) is 6.40. The van der Waals surface area contributed by atoms with Crippen molar-refractivity contribution in [2.45, 2.75) is 6.54 Å². The number of carbonyl (C=O) groups excluding carboxylic acids is 1. The lowest BCUT2D eigenvalue weighted by atomic mass is 10.2. The van der Waals surface area contributed by atoms with Crippen LogP contribution in [0.2, 0.25) is 0 Å². The van der Waals surface area contributed by atoms with Crippen molar-refractivity contribution in [2.24, 2.45) is 0 Å². The Hall–Kier alpha value is -2.71. The van der Waals surface area contributed by atoms with Crippen molar-refractivity contribution >= 4 is 22.2 Å². The Morgan fingerprint density at radius 2 is 1.93 bits per heavy atom. The van der Waals surface area contributed by atoms with Crippen LogP contribution >= 0.6 is 11.3 Å². The summed E-state index contributed by atoms with van der Waals surface area (Å²) in [5, 5.41) is 1.86. The number of ether oxygens (including phenoxy) is 1. The van der Waals surface area contributed by atoms with Gasteiger partial charge in [-0.15, -0.1) is 11.3 Å². The Kier molecular flexibility index (Phi) is 5.17. The van der Waals surface area contributed by atoms with E-state index in [9.17, 15) is 9.59 Å². The van der Waals surface area contributed by atoms with Gasteiger partial charge in [0.1, 0.15) is 5.75 Å². The van der Waals surface area contributed by atoms with E-state index >= 15 is 0 Å². The minimum absolute atomic E-state index is 0.00474. The number of nitrogens with zero attached hydrogens (tertiary/aromatic N) is 4.